The Balaban J connectivity index is 1.67. The molecule has 28 heavy (non-hydrogen) atoms. The van der Waals surface area contributed by atoms with E-state index in [0.29, 0.717) is 11.3 Å². The quantitative estimate of drug-likeness (QED) is 0.650. The van der Waals surface area contributed by atoms with Crippen LogP contribution in [0.15, 0.2) is 36.5 Å². The Hall–Kier alpha value is -3.22. The highest BCUT2D eigenvalue weighted by Gasteiger charge is 2.26. The zero-order valence-corrected chi connectivity index (χ0v) is 16.3. The summed E-state index contributed by atoms with van der Waals surface area (Å²) >= 11 is 0. The maximum absolute atomic E-state index is 12.4. The van der Waals surface area contributed by atoms with E-state index < -0.39 is 5.97 Å². The average Bonchev–Trinajstić information content (AvgIpc) is 2.74. The first-order chi connectivity index (χ1) is 13.6. The van der Waals surface area contributed by atoms with E-state index in [-0.39, 0.29) is 5.69 Å². The van der Waals surface area contributed by atoms with Gasteiger partial charge in [-0.05, 0) is 49.2 Å². The summed E-state index contributed by atoms with van der Waals surface area (Å²) in [5.74, 6) is 1.09. The molecule has 1 aromatic carbocycles. The van der Waals surface area contributed by atoms with Crippen molar-refractivity contribution in [3.05, 3.63) is 53.3 Å². The molecule has 0 bridgehead atoms. The number of fused-ring (bicyclic) bond motifs is 1. The van der Waals surface area contributed by atoms with Crippen LogP contribution in [0.25, 0.3) is 11.0 Å². The van der Waals surface area contributed by atoms with Gasteiger partial charge < -0.3 is 14.5 Å². The van der Waals surface area contributed by atoms with Crippen LogP contribution in [-0.2, 0) is 4.74 Å². The minimum atomic E-state index is -0.463. The molecule has 0 N–H and O–H groups in total. The van der Waals surface area contributed by atoms with Crippen molar-refractivity contribution in [2.75, 3.05) is 43.1 Å². The fraction of sp³-hybridized carbons (Fsp3) is 0.333. The minimum absolute atomic E-state index is 0.268. The van der Waals surface area contributed by atoms with Gasteiger partial charge >= 0.3 is 5.97 Å². The molecule has 2 aromatic heterocycles. The Morgan fingerprint density at radius 2 is 1.61 bits per heavy atom. The number of nitrogens with zero attached hydrogens (tertiary/aromatic N) is 5. The highest BCUT2D eigenvalue weighted by molar-refractivity contribution is 5.95. The summed E-state index contributed by atoms with van der Waals surface area (Å²) in [6.45, 7) is 7.13. The molecule has 1 aliphatic rings. The van der Waals surface area contributed by atoms with Gasteiger partial charge in [-0.15, -0.1) is 0 Å². The highest BCUT2D eigenvalue weighted by atomic mass is 16.5. The zero-order valence-electron chi connectivity index (χ0n) is 16.3. The van der Waals surface area contributed by atoms with Crippen LogP contribution >= 0.6 is 0 Å². The SMILES string of the molecule is COC(=O)c1nc2cc(C)c(C)cc2nc1N1CCN(c2ccccn2)CC1. The fourth-order valence-corrected chi connectivity index (χ4v) is 3.44. The summed E-state index contributed by atoms with van der Waals surface area (Å²) < 4.78 is 4.97. The molecule has 7 nitrogen and oxygen atoms in total. The Kier molecular flexibility index (Phi) is 4.81. The molecule has 1 fully saturated rings. The molecule has 144 valence electrons. The predicted molar refractivity (Wildman–Crippen MR) is 109 cm³/mol. The van der Waals surface area contributed by atoms with E-state index in [1.165, 1.54) is 7.11 Å². The Labute approximate surface area is 164 Å². The van der Waals surface area contributed by atoms with Crippen molar-refractivity contribution >= 4 is 28.6 Å². The maximum Gasteiger partial charge on any atom is 0.360 e. The highest BCUT2D eigenvalue weighted by Crippen LogP contribution is 2.25. The molecule has 0 radical (unpaired) electrons. The van der Waals surface area contributed by atoms with Crippen molar-refractivity contribution < 1.29 is 9.53 Å². The Morgan fingerprint density at radius 1 is 0.964 bits per heavy atom. The predicted octanol–water partition coefficient (Wildman–Crippen LogP) is 2.75. The molecule has 0 spiro atoms. The summed E-state index contributed by atoms with van der Waals surface area (Å²) in [5, 5.41) is 0. The van der Waals surface area contributed by atoms with Crippen molar-refractivity contribution in [3.8, 4) is 0 Å². The molecule has 0 saturated carbocycles. The number of aromatic nitrogens is 3. The number of carbonyl (C=O) groups is 1. The van der Waals surface area contributed by atoms with Crippen LogP contribution in [0.3, 0.4) is 0 Å². The number of carbonyl (C=O) groups excluding carboxylic acids is 1. The second kappa shape index (κ2) is 7.42. The second-order valence-corrected chi connectivity index (χ2v) is 6.97. The Morgan fingerprint density at radius 3 is 2.21 bits per heavy atom. The van der Waals surface area contributed by atoms with Gasteiger partial charge in [-0.1, -0.05) is 6.07 Å². The van der Waals surface area contributed by atoms with Crippen LogP contribution in [0.5, 0.6) is 0 Å². The lowest BCUT2D eigenvalue weighted by atomic mass is 10.1. The normalized spacial score (nSPS) is 14.4. The number of ether oxygens (including phenoxy) is 1. The van der Waals surface area contributed by atoms with Crippen LogP contribution in [0.4, 0.5) is 11.6 Å². The first kappa shape index (κ1) is 18.2. The average molecular weight is 377 g/mol. The van der Waals surface area contributed by atoms with E-state index in [4.69, 9.17) is 9.72 Å². The standard InChI is InChI=1S/C21H23N5O2/c1-14-12-16-17(13-15(14)2)24-20(19(23-16)21(27)28-3)26-10-8-25(9-11-26)18-6-4-5-7-22-18/h4-7,12-13H,8-11H2,1-3H3. The molecule has 4 rings (SSSR count). The molecule has 1 aliphatic heterocycles. The van der Waals surface area contributed by atoms with E-state index in [1.807, 2.05) is 37.3 Å². The van der Waals surface area contributed by atoms with Gasteiger partial charge in [0.1, 0.15) is 5.82 Å². The van der Waals surface area contributed by atoms with Crippen molar-refractivity contribution in [3.63, 3.8) is 0 Å². The monoisotopic (exact) mass is 377 g/mol. The third-order valence-corrected chi connectivity index (χ3v) is 5.19. The summed E-state index contributed by atoms with van der Waals surface area (Å²) in [7, 11) is 1.37. The lowest BCUT2D eigenvalue weighted by Gasteiger charge is -2.36. The number of pyridine rings is 1. The minimum Gasteiger partial charge on any atom is -0.464 e. The molecular formula is C21H23N5O2. The van der Waals surface area contributed by atoms with Gasteiger partial charge in [-0.2, -0.15) is 0 Å². The number of rotatable bonds is 3. The van der Waals surface area contributed by atoms with Gasteiger partial charge in [-0.25, -0.2) is 19.7 Å². The number of benzene rings is 1. The van der Waals surface area contributed by atoms with E-state index in [9.17, 15) is 4.79 Å². The lowest BCUT2D eigenvalue weighted by Crippen LogP contribution is -2.47. The fourth-order valence-electron chi connectivity index (χ4n) is 3.44. The molecule has 0 unspecified atom stereocenters. The number of piperazine rings is 1. The number of methoxy groups -OCH3 is 1. The summed E-state index contributed by atoms with van der Waals surface area (Å²) in [6.07, 6.45) is 1.80. The van der Waals surface area contributed by atoms with Crippen LogP contribution in [0.2, 0.25) is 0 Å². The first-order valence-corrected chi connectivity index (χ1v) is 9.35. The molecule has 3 aromatic rings. The van der Waals surface area contributed by atoms with Gasteiger partial charge in [0.25, 0.3) is 0 Å². The largest absolute Gasteiger partial charge is 0.464 e. The summed E-state index contributed by atoms with van der Waals surface area (Å²) in [6, 6.07) is 9.90. The van der Waals surface area contributed by atoms with Crippen molar-refractivity contribution in [1.29, 1.82) is 0 Å². The topological polar surface area (TPSA) is 71.5 Å². The number of hydrogen-bond acceptors (Lipinski definition) is 7. The van der Waals surface area contributed by atoms with Gasteiger partial charge in [0.05, 0.1) is 18.1 Å². The van der Waals surface area contributed by atoms with Crippen LogP contribution in [-0.4, -0.2) is 54.2 Å². The molecule has 0 amide bonds. The number of esters is 1. The van der Waals surface area contributed by atoms with Crippen molar-refractivity contribution in [2.45, 2.75) is 13.8 Å². The van der Waals surface area contributed by atoms with Gasteiger partial charge in [0.15, 0.2) is 11.5 Å². The van der Waals surface area contributed by atoms with Gasteiger partial charge in [-0.3, -0.25) is 0 Å². The third-order valence-electron chi connectivity index (χ3n) is 5.19. The first-order valence-electron chi connectivity index (χ1n) is 9.35. The number of aryl methyl sites for hydroxylation is 2. The lowest BCUT2D eigenvalue weighted by molar-refractivity contribution is 0.0595. The van der Waals surface area contributed by atoms with Gasteiger partial charge in [0.2, 0.25) is 0 Å². The molecule has 0 aliphatic carbocycles. The number of anilines is 2. The summed E-state index contributed by atoms with van der Waals surface area (Å²) in [4.78, 5) is 30.5. The van der Waals surface area contributed by atoms with E-state index in [1.54, 1.807) is 6.20 Å². The molecule has 3 heterocycles. The van der Waals surface area contributed by atoms with Gasteiger partial charge in [0, 0.05) is 32.4 Å². The van der Waals surface area contributed by atoms with E-state index >= 15 is 0 Å². The van der Waals surface area contributed by atoms with E-state index in [2.05, 4.69) is 26.7 Å². The molecule has 7 heteroatoms. The van der Waals surface area contributed by atoms with E-state index in [0.717, 1.165) is 48.6 Å². The van der Waals surface area contributed by atoms with Crippen LogP contribution < -0.4 is 9.80 Å². The summed E-state index contributed by atoms with van der Waals surface area (Å²) in [5.41, 5.74) is 4.04. The third kappa shape index (κ3) is 3.35. The van der Waals surface area contributed by atoms with Crippen molar-refractivity contribution in [2.24, 2.45) is 0 Å². The van der Waals surface area contributed by atoms with Crippen molar-refractivity contribution in [1.82, 2.24) is 15.0 Å². The van der Waals surface area contributed by atoms with Crippen LogP contribution in [0, 0.1) is 13.8 Å². The number of hydrogen-bond donors (Lipinski definition) is 0. The molecule has 1 saturated heterocycles. The van der Waals surface area contributed by atoms with Crippen LogP contribution in [0.1, 0.15) is 21.6 Å². The second-order valence-electron chi connectivity index (χ2n) is 6.97. The Bertz CT molecular complexity index is 1010. The maximum atomic E-state index is 12.4. The smallest absolute Gasteiger partial charge is 0.360 e. The zero-order chi connectivity index (χ0) is 19.7. The molecule has 0 atom stereocenters. The molecular weight excluding hydrogens is 354 g/mol.